The minimum absolute atomic E-state index is 0. The van der Waals surface area contributed by atoms with Crippen LogP contribution in [0.2, 0.25) is 0 Å². The molecule has 0 spiro atoms. The van der Waals surface area contributed by atoms with Gasteiger partial charge < -0.3 is 15.4 Å². The smallest absolute Gasteiger partial charge is 0.222 e. The predicted molar refractivity (Wildman–Crippen MR) is 68.4 cm³/mol. The maximum absolute atomic E-state index is 10.9. The van der Waals surface area contributed by atoms with Gasteiger partial charge in [-0.25, -0.2) is 0 Å². The van der Waals surface area contributed by atoms with Crippen molar-refractivity contribution in [2.75, 3.05) is 26.3 Å². The van der Waals surface area contributed by atoms with Gasteiger partial charge in [0.25, 0.3) is 0 Å². The second-order valence-corrected chi connectivity index (χ2v) is 2.80. The highest BCUT2D eigenvalue weighted by atomic mass is 16.5. The van der Waals surface area contributed by atoms with Gasteiger partial charge >= 0.3 is 0 Å². The van der Waals surface area contributed by atoms with Gasteiger partial charge in [0.05, 0.1) is 13.2 Å². The predicted octanol–water partition coefficient (Wildman–Crippen LogP) is 1.18. The van der Waals surface area contributed by atoms with E-state index in [1.807, 2.05) is 20.8 Å². The number of ether oxygens (including phenoxy) is 1. The summed E-state index contributed by atoms with van der Waals surface area (Å²) in [5, 5.41) is 5.26. The fourth-order valence-electron chi connectivity index (χ4n) is 0.852. The first-order valence-electron chi connectivity index (χ1n) is 5.75. The lowest BCUT2D eigenvalue weighted by atomic mass is 10.4. The van der Waals surface area contributed by atoms with E-state index in [0.29, 0.717) is 32.7 Å². The van der Waals surface area contributed by atoms with E-state index in [1.54, 1.807) is 0 Å². The maximum atomic E-state index is 10.9. The Labute approximate surface area is 101 Å². The van der Waals surface area contributed by atoms with Gasteiger partial charge in [0.2, 0.25) is 11.8 Å². The van der Waals surface area contributed by atoms with Crippen molar-refractivity contribution in [3.05, 3.63) is 0 Å². The summed E-state index contributed by atoms with van der Waals surface area (Å²) in [6.45, 7) is 9.30. The third-order valence-corrected chi connectivity index (χ3v) is 1.47. The van der Waals surface area contributed by atoms with Gasteiger partial charge in [-0.15, -0.1) is 0 Å². The molecule has 0 fully saturated rings. The van der Waals surface area contributed by atoms with Crippen LogP contribution in [0.4, 0.5) is 0 Å². The lowest BCUT2D eigenvalue weighted by Gasteiger charge is -2.04. The first-order chi connectivity index (χ1) is 7.66. The summed E-state index contributed by atoms with van der Waals surface area (Å²) in [6.07, 6.45) is 0.369. The van der Waals surface area contributed by atoms with Crippen molar-refractivity contribution < 1.29 is 17.2 Å². The largest absolute Gasteiger partial charge is 0.379 e. The van der Waals surface area contributed by atoms with Crippen LogP contribution >= 0.6 is 0 Å². The number of hydrogen-bond donors (Lipinski definition) is 2. The number of rotatable bonds is 7. The lowest BCUT2D eigenvalue weighted by Crippen LogP contribution is -2.26. The summed E-state index contributed by atoms with van der Waals surface area (Å²) in [5.41, 5.74) is 0. The molecule has 5 heteroatoms. The molecule has 0 aliphatic heterocycles. The number of nitrogens with one attached hydrogen (secondary N) is 2. The standard InChI is InChI=1S/C9H18N2O3.C2H6.2H2/c1-3-10-9(13)4-6-14-7-5-11-8(2)12;1-2;;/h3-7H2,1-2H3,(H,10,13)(H,11,12);1-2H3;2*1H. The minimum atomic E-state index is -0.0719. The first kappa shape index (κ1) is 17.3. The van der Waals surface area contributed by atoms with Crippen LogP contribution in [0.15, 0.2) is 0 Å². The van der Waals surface area contributed by atoms with Crippen LogP contribution in [0, 0.1) is 0 Å². The fraction of sp³-hybridized carbons (Fsp3) is 0.818. The molecule has 0 bridgehead atoms. The van der Waals surface area contributed by atoms with E-state index in [2.05, 4.69) is 10.6 Å². The van der Waals surface area contributed by atoms with Gasteiger partial charge in [-0.2, -0.15) is 0 Å². The maximum Gasteiger partial charge on any atom is 0.222 e. The average Bonchev–Trinajstić information content (AvgIpc) is 2.26. The summed E-state index contributed by atoms with van der Waals surface area (Å²) in [6, 6.07) is 0. The molecular weight excluding hydrogens is 208 g/mol. The third kappa shape index (κ3) is 15.4. The first-order valence-corrected chi connectivity index (χ1v) is 5.75. The molecule has 16 heavy (non-hydrogen) atoms. The Morgan fingerprint density at radius 2 is 1.81 bits per heavy atom. The minimum Gasteiger partial charge on any atom is -0.379 e. The van der Waals surface area contributed by atoms with Crippen molar-refractivity contribution in [2.24, 2.45) is 0 Å². The SMILES string of the molecule is CC.CCNC(=O)CCOCCNC(C)=O.[HH].[HH]. The highest BCUT2D eigenvalue weighted by Crippen LogP contribution is 1.82. The Balaban J connectivity index is -0.000000232. The van der Waals surface area contributed by atoms with Gasteiger partial charge in [-0.1, -0.05) is 13.8 Å². The van der Waals surface area contributed by atoms with E-state index in [-0.39, 0.29) is 14.7 Å². The molecule has 0 saturated heterocycles. The van der Waals surface area contributed by atoms with E-state index in [0.717, 1.165) is 0 Å². The number of hydrogen-bond acceptors (Lipinski definition) is 3. The van der Waals surface area contributed by atoms with Crippen molar-refractivity contribution in [1.82, 2.24) is 10.6 Å². The monoisotopic (exact) mass is 236 g/mol. The number of amides is 2. The van der Waals surface area contributed by atoms with Crippen molar-refractivity contribution in [2.45, 2.75) is 34.1 Å². The second kappa shape index (κ2) is 13.9. The van der Waals surface area contributed by atoms with E-state index in [4.69, 9.17) is 4.74 Å². The molecule has 0 aromatic heterocycles. The molecule has 0 heterocycles. The van der Waals surface area contributed by atoms with Crippen molar-refractivity contribution in [1.29, 1.82) is 0 Å². The Bertz CT molecular complexity index is 193. The molecule has 0 unspecified atom stereocenters. The van der Waals surface area contributed by atoms with Crippen LogP contribution in [0.25, 0.3) is 0 Å². The summed E-state index contributed by atoms with van der Waals surface area (Å²) < 4.78 is 5.13. The van der Waals surface area contributed by atoms with Crippen LogP contribution in [0.1, 0.15) is 37.0 Å². The van der Waals surface area contributed by atoms with Gasteiger partial charge in [0.15, 0.2) is 0 Å². The zero-order valence-corrected chi connectivity index (χ0v) is 10.8. The molecule has 5 nitrogen and oxygen atoms in total. The highest BCUT2D eigenvalue weighted by Gasteiger charge is 1.98. The highest BCUT2D eigenvalue weighted by molar-refractivity contribution is 5.75. The van der Waals surface area contributed by atoms with Crippen LogP contribution in [0.3, 0.4) is 0 Å². The van der Waals surface area contributed by atoms with Gasteiger partial charge in [-0.3, -0.25) is 9.59 Å². The lowest BCUT2D eigenvalue weighted by molar-refractivity contribution is -0.122. The average molecular weight is 236 g/mol. The molecule has 0 aliphatic rings. The van der Waals surface area contributed by atoms with Crippen molar-refractivity contribution in [3.8, 4) is 0 Å². The van der Waals surface area contributed by atoms with Gasteiger partial charge in [0.1, 0.15) is 0 Å². The number of carbonyl (C=O) groups excluding carboxylic acids is 2. The van der Waals surface area contributed by atoms with Crippen LogP contribution < -0.4 is 10.6 Å². The van der Waals surface area contributed by atoms with Gasteiger partial charge in [-0.05, 0) is 6.92 Å². The molecule has 0 aromatic carbocycles. The Morgan fingerprint density at radius 3 is 2.31 bits per heavy atom. The summed E-state index contributed by atoms with van der Waals surface area (Å²) in [7, 11) is 0. The number of carbonyl (C=O) groups is 2. The van der Waals surface area contributed by atoms with Gasteiger partial charge in [0, 0.05) is 29.3 Å². The van der Waals surface area contributed by atoms with E-state index in [9.17, 15) is 9.59 Å². The quantitative estimate of drug-likeness (QED) is 0.652. The van der Waals surface area contributed by atoms with Crippen molar-refractivity contribution in [3.63, 3.8) is 0 Å². The third-order valence-electron chi connectivity index (χ3n) is 1.47. The van der Waals surface area contributed by atoms with Crippen molar-refractivity contribution >= 4 is 11.8 Å². The molecule has 100 valence electrons. The molecule has 0 rings (SSSR count). The Kier molecular flexibility index (Phi) is 15.0. The fourth-order valence-corrected chi connectivity index (χ4v) is 0.852. The molecule has 0 radical (unpaired) electrons. The van der Waals surface area contributed by atoms with Crippen LogP contribution in [0.5, 0.6) is 0 Å². The molecule has 2 amide bonds. The Morgan fingerprint density at radius 1 is 1.19 bits per heavy atom. The summed E-state index contributed by atoms with van der Waals surface area (Å²) in [5.74, 6) is -0.0793. The van der Waals surface area contributed by atoms with Crippen LogP contribution in [-0.2, 0) is 14.3 Å². The van der Waals surface area contributed by atoms with E-state index in [1.165, 1.54) is 6.92 Å². The summed E-state index contributed by atoms with van der Waals surface area (Å²) in [4.78, 5) is 21.4. The second-order valence-electron chi connectivity index (χ2n) is 2.80. The molecular formula is C11H28N2O3. The zero-order chi connectivity index (χ0) is 12.8. The van der Waals surface area contributed by atoms with E-state index < -0.39 is 0 Å². The molecule has 2 N–H and O–H groups in total. The molecule has 0 atom stereocenters. The zero-order valence-electron chi connectivity index (χ0n) is 10.8. The Hall–Kier alpha value is -1.10. The van der Waals surface area contributed by atoms with E-state index >= 15 is 0 Å². The normalized spacial score (nSPS) is 8.75. The van der Waals surface area contributed by atoms with Crippen LogP contribution in [-0.4, -0.2) is 38.1 Å². The molecule has 0 saturated carbocycles. The molecule has 0 aliphatic carbocycles. The topological polar surface area (TPSA) is 67.4 Å². The summed E-state index contributed by atoms with van der Waals surface area (Å²) >= 11 is 0. The molecule has 0 aromatic rings.